The van der Waals surface area contributed by atoms with Crippen molar-refractivity contribution in [3.05, 3.63) is 84.4 Å². The van der Waals surface area contributed by atoms with Crippen molar-refractivity contribution in [2.75, 3.05) is 45.7 Å². The summed E-state index contributed by atoms with van der Waals surface area (Å²) in [5.74, 6) is -0.329. The van der Waals surface area contributed by atoms with Crippen LogP contribution in [0.2, 0.25) is 0 Å². The first-order valence-electron chi connectivity index (χ1n) is 13.0. The Balaban J connectivity index is 1.41. The van der Waals surface area contributed by atoms with Crippen LogP contribution in [0, 0.1) is 0 Å². The molecule has 3 aromatic rings. The number of esters is 1. The molecule has 0 aliphatic carbocycles. The molecule has 0 aromatic heterocycles. The summed E-state index contributed by atoms with van der Waals surface area (Å²) in [5, 5.41) is 5.11. The summed E-state index contributed by atoms with van der Waals surface area (Å²) in [6.45, 7) is 2.73. The van der Waals surface area contributed by atoms with Crippen LogP contribution in [0.15, 0.2) is 88.7 Å². The number of methoxy groups -OCH3 is 1. The van der Waals surface area contributed by atoms with Gasteiger partial charge in [0.1, 0.15) is 11.8 Å². The van der Waals surface area contributed by atoms with E-state index in [1.165, 1.54) is 31.4 Å². The van der Waals surface area contributed by atoms with Crippen molar-refractivity contribution in [1.82, 2.24) is 15.1 Å². The van der Waals surface area contributed by atoms with Gasteiger partial charge in [-0.1, -0.05) is 42.5 Å². The Morgan fingerprint density at radius 3 is 2.17 bits per heavy atom. The molecule has 0 radical (unpaired) electrons. The molecule has 1 saturated heterocycles. The maximum atomic E-state index is 13.2. The molecule has 0 spiro atoms. The van der Waals surface area contributed by atoms with Gasteiger partial charge in [-0.25, -0.2) is 22.8 Å². The second-order valence-corrected chi connectivity index (χ2v) is 11.4. The van der Waals surface area contributed by atoms with Crippen molar-refractivity contribution in [1.29, 1.82) is 0 Å². The average Bonchev–Trinajstić information content (AvgIpc) is 2.98. The van der Waals surface area contributed by atoms with Gasteiger partial charge in [0.2, 0.25) is 9.84 Å². The number of urea groups is 1. The van der Waals surface area contributed by atoms with Gasteiger partial charge in [0, 0.05) is 32.6 Å². The molecule has 41 heavy (non-hydrogen) atoms. The first-order chi connectivity index (χ1) is 19.7. The Morgan fingerprint density at radius 1 is 0.878 bits per heavy atom. The van der Waals surface area contributed by atoms with E-state index in [4.69, 9.17) is 9.47 Å². The van der Waals surface area contributed by atoms with Gasteiger partial charge in [0.15, 0.2) is 0 Å². The number of nitrogens with zero attached hydrogens (tertiary/aromatic N) is 2. The minimum absolute atomic E-state index is 0.0592. The number of nitrogens with one attached hydrogen (secondary N) is 2. The number of para-hydroxylation sites is 1. The average molecular weight is 581 g/mol. The molecule has 1 heterocycles. The standard InChI is InChI=1S/C29H32N4O7S/c1-32-16-18-33(19-17-32)29(36)40-22-14-12-21(13-15-22)20-25(27(34)39-2)31-28(35)30-24-10-6-7-11-26(24)41(37,38)23-8-4-3-5-9-23/h3-15,25H,16-20H2,1-2H3,(H2,30,31,35)/t25-/m0/s1. The van der Waals surface area contributed by atoms with E-state index < -0.39 is 34.0 Å². The van der Waals surface area contributed by atoms with Gasteiger partial charge in [-0.3, -0.25) is 0 Å². The zero-order chi connectivity index (χ0) is 29.4. The molecule has 12 heteroatoms. The largest absolute Gasteiger partial charge is 0.467 e. The normalized spacial score (nSPS) is 14.5. The Hall–Kier alpha value is -4.42. The smallest absolute Gasteiger partial charge is 0.415 e. The predicted octanol–water partition coefficient (Wildman–Crippen LogP) is 3.17. The molecule has 216 valence electrons. The zero-order valence-corrected chi connectivity index (χ0v) is 23.6. The van der Waals surface area contributed by atoms with Gasteiger partial charge in [-0.05, 0) is 49.0 Å². The van der Waals surface area contributed by atoms with Crippen LogP contribution in [0.25, 0.3) is 0 Å². The predicted molar refractivity (Wildman–Crippen MR) is 152 cm³/mol. The Bertz CT molecular complexity index is 1470. The lowest BCUT2D eigenvalue weighted by atomic mass is 10.1. The van der Waals surface area contributed by atoms with Crippen molar-refractivity contribution in [3.63, 3.8) is 0 Å². The van der Waals surface area contributed by atoms with E-state index in [1.54, 1.807) is 59.5 Å². The molecule has 11 nitrogen and oxygen atoms in total. The molecule has 2 N–H and O–H groups in total. The number of sulfone groups is 1. The number of carbonyl (C=O) groups is 3. The molecule has 1 atom stereocenters. The third-order valence-corrected chi connectivity index (χ3v) is 8.43. The summed E-state index contributed by atoms with van der Waals surface area (Å²) >= 11 is 0. The summed E-state index contributed by atoms with van der Waals surface area (Å²) in [6, 6.07) is 18.6. The number of hydrogen-bond donors (Lipinski definition) is 2. The monoisotopic (exact) mass is 580 g/mol. The van der Waals surface area contributed by atoms with Crippen LogP contribution >= 0.6 is 0 Å². The Labute approximate surface area is 239 Å². The molecule has 3 aromatic carbocycles. The number of piperazine rings is 1. The Morgan fingerprint density at radius 2 is 1.51 bits per heavy atom. The van der Waals surface area contributed by atoms with Crippen LogP contribution < -0.4 is 15.4 Å². The second kappa shape index (κ2) is 13.3. The van der Waals surface area contributed by atoms with Gasteiger partial charge >= 0.3 is 18.1 Å². The number of benzene rings is 3. The van der Waals surface area contributed by atoms with Gasteiger partial charge in [-0.15, -0.1) is 0 Å². The first-order valence-corrected chi connectivity index (χ1v) is 14.4. The fourth-order valence-electron chi connectivity index (χ4n) is 4.27. The van der Waals surface area contributed by atoms with Crippen LogP contribution in [0.1, 0.15) is 5.56 Å². The summed E-state index contributed by atoms with van der Waals surface area (Å²) < 4.78 is 36.7. The number of ether oxygens (including phenoxy) is 2. The molecule has 1 aliphatic heterocycles. The molecule has 3 amide bonds. The lowest BCUT2D eigenvalue weighted by Gasteiger charge is -2.31. The van der Waals surface area contributed by atoms with E-state index in [9.17, 15) is 22.8 Å². The van der Waals surface area contributed by atoms with Crippen LogP contribution in [0.5, 0.6) is 5.75 Å². The van der Waals surface area contributed by atoms with Crippen LogP contribution in [-0.2, 0) is 25.8 Å². The zero-order valence-electron chi connectivity index (χ0n) is 22.8. The summed E-state index contributed by atoms with van der Waals surface area (Å²) in [4.78, 5) is 41.6. The van der Waals surface area contributed by atoms with Gasteiger partial charge in [0.25, 0.3) is 0 Å². The number of hydrogen-bond acceptors (Lipinski definition) is 8. The lowest BCUT2D eigenvalue weighted by molar-refractivity contribution is -0.142. The van der Waals surface area contributed by atoms with Crippen molar-refractivity contribution >= 4 is 33.6 Å². The third-order valence-electron chi connectivity index (χ3n) is 6.60. The fraction of sp³-hybridized carbons (Fsp3) is 0.276. The number of anilines is 1. The van der Waals surface area contributed by atoms with E-state index in [0.29, 0.717) is 24.4 Å². The van der Waals surface area contributed by atoms with Crippen molar-refractivity contribution < 1.29 is 32.3 Å². The van der Waals surface area contributed by atoms with E-state index in [1.807, 2.05) is 7.05 Å². The van der Waals surface area contributed by atoms with Gasteiger partial charge < -0.3 is 29.9 Å². The van der Waals surface area contributed by atoms with E-state index >= 15 is 0 Å². The van der Waals surface area contributed by atoms with Crippen molar-refractivity contribution in [2.45, 2.75) is 22.3 Å². The summed E-state index contributed by atoms with van der Waals surface area (Å²) in [6.07, 6.45) is -0.345. The summed E-state index contributed by atoms with van der Waals surface area (Å²) in [5.41, 5.74) is 0.733. The number of amides is 3. The van der Waals surface area contributed by atoms with E-state index in [2.05, 4.69) is 15.5 Å². The summed E-state index contributed by atoms with van der Waals surface area (Å²) in [7, 11) is -0.708. The molecule has 4 rings (SSSR count). The molecule has 1 aliphatic rings. The fourth-order valence-corrected chi connectivity index (χ4v) is 5.70. The molecule has 0 bridgehead atoms. The third kappa shape index (κ3) is 7.62. The van der Waals surface area contributed by atoms with E-state index in [-0.39, 0.29) is 21.9 Å². The molecule has 0 unspecified atom stereocenters. The van der Waals surface area contributed by atoms with Crippen molar-refractivity contribution in [2.24, 2.45) is 0 Å². The topological polar surface area (TPSA) is 134 Å². The maximum Gasteiger partial charge on any atom is 0.415 e. The number of likely N-dealkylation sites (N-methyl/N-ethyl adjacent to an activating group) is 1. The highest BCUT2D eigenvalue weighted by Gasteiger charge is 2.25. The Kier molecular flexibility index (Phi) is 9.58. The van der Waals surface area contributed by atoms with Crippen molar-refractivity contribution in [3.8, 4) is 5.75 Å². The van der Waals surface area contributed by atoms with Crippen LogP contribution in [-0.4, -0.2) is 82.7 Å². The lowest BCUT2D eigenvalue weighted by Crippen LogP contribution is -2.48. The quantitative estimate of drug-likeness (QED) is 0.388. The molecular weight excluding hydrogens is 548 g/mol. The van der Waals surface area contributed by atoms with E-state index in [0.717, 1.165) is 13.1 Å². The molecular formula is C29H32N4O7S. The molecule has 0 saturated carbocycles. The number of carbonyl (C=O) groups excluding carboxylic acids is 3. The minimum atomic E-state index is -3.91. The van der Waals surface area contributed by atoms with Gasteiger partial charge in [0.05, 0.1) is 22.6 Å². The first kappa shape index (κ1) is 29.6. The van der Waals surface area contributed by atoms with Gasteiger partial charge in [-0.2, -0.15) is 0 Å². The highest BCUT2D eigenvalue weighted by atomic mass is 32.2. The minimum Gasteiger partial charge on any atom is -0.467 e. The number of rotatable bonds is 8. The highest BCUT2D eigenvalue weighted by molar-refractivity contribution is 7.91. The van der Waals surface area contributed by atoms with Crippen LogP contribution in [0.3, 0.4) is 0 Å². The van der Waals surface area contributed by atoms with Crippen LogP contribution in [0.4, 0.5) is 15.3 Å². The maximum absolute atomic E-state index is 13.2. The highest BCUT2D eigenvalue weighted by Crippen LogP contribution is 2.27. The SMILES string of the molecule is COC(=O)[C@H](Cc1ccc(OC(=O)N2CCN(C)CC2)cc1)NC(=O)Nc1ccccc1S(=O)(=O)c1ccccc1. The molecule has 1 fully saturated rings. The second-order valence-electron chi connectivity index (χ2n) is 9.49.